The third-order valence-corrected chi connectivity index (χ3v) is 7.07. The van der Waals surface area contributed by atoms with Gasteiger partial charge >= 0.3 is 0 Å². The average molecular weight is 595 g/mol. The van der Waals surface area contributed by atoms with E-state index in [0.29, 0.717) is 61.9 Å². The van der Waals surface area contributed by atoms with E-state index in [0.717, 1.165) is 6.07 Å². The lowest BCUT2D eigenvalue weighted by molar-refractivity contribution is -0.123. The zero-order valence-corrected chi connectivity index (χ0v) is 24.2. The van der Waals surface area contributed by atoms with Gasteiger partial charge in [-0.05, 0) is 48.7 Å². The molecule has 5 rings (SSSR count). The van der Waals surface area contributed by atoms with Gasteiger partial charge < -0.3 is 29.7 Å². The molecule has 2 aromatic carbocycles. The van der Waals surface area contributed by atoms with Crippen molar-refractivity contribution in [2.24, 2.45) is 5.92 Å². The standard InChI is InChI=1S/C30H35FN6O6/c1-19(2)15-24-29(39)32-8-10-36(30(40)20-3-5-26-27(16-20)43-14-13-42-26)9-7-22-18-37(35-34-22)11-12-41-25-6-4-21(31)17-23(25)28(38)33-24/h3-6,16-19,24H,7-15H2,1-2H3,(H,32,39)(H,33,38)/t24-/m1/s1. The molecule has 0 fully saturated rings. The van der Waals surface area contributed by atoms with Crippen LogP contribution >= 0.6 is 0 Å². The summed E-state index contributed by atoms with van der Waals surface area (Å²) in [6.45, 7) is 5.84. The molecule has 0 saturated heterocycles. The van der Waals surface area contributed by atoms with Gasteiger partial charge in [0.15, 0.2) is 11.5 Å². The summed E-state index contributed by atoms with van der Waals surface area (Å²) in [5.74, 6) is -0.524. The van der Waals surface area contributed by atoms with Crippen LogP contribution in [-0.2, 0) is 17.8 Å². The minimum absolute atomic E-state index is 0.0156. The summed E-state index contributed by atoms with van der Waals surface area (Å²) in [6.07, 6.45) is 2.55. The van der Waals surface area contributed by atoms with Crippen molar-refractivity contribution in [3.8, 4) is 17.2 Å². The lowest BCUT2D eigenvalue weighted by Crippen LogP contribution is -2.49. The van der Waals surface area contributed by atoms with Crippen LogP contribution < -0.4 is 24.8 Å². The van der Waals surface area contributed by atoms with Crippen molar-refractivity contribution in [3.63, 3.8) is 0 Å². The highest BCUT2D eigenvalue weighted by Crippen LogP contribution is 2.31. The summed E-state index contributed by atoms with van der Waals surface area (Å²) in [5.41, 5.74) is 1.08. The number of benzene rings is 2. The van der Waals surface area contributed by atoms with Gasteiger partial charge in [0, 0.05) is 37.8 Å². The van der Waals surface area contributed by atoms with Crippen LogP contribution in [0.5, 0.6) is 17.2 Å². The zero-order valence-electron chi connectivity index (χ0n) is 24.2. The highest BCUT2D eigenvalue weighted by molar-refractivity contribution is 5.99. The van der Waals surface area contributed by atoms with E-state index in [2.05, 4.69) is 20.9 Å². The SMILES string of the molecule is CC(C)C[C@H]1NC(=O)c2cc(F)ccc2OCCn2cc(nn2)CCN(C(=O)c2ccc3c(c2)OCCO3)CCNC1=O. The Kier molecular flexibility index (Phi) is 9.38. The Morgan fingerprint density at radius 2 is 1.77 bits per heavy atom. The number of ether oxygens (including phenoxy) is 3. The van der Waals surface area contributed by atoms with Crippen molar-refractivity contribution in [3.05, 3.63) is 65.2 Å². The molecule has 3 aromatic rings. The van der Waals surface area contributed by atoms with Gasteiger partial charge in [-0.25, -0.2) is 9.07 Å². The average Bonchev–Trinajstić information content (AvgIpc) is 3.45. The third-order valence-electron chi connectivity index (χ3n) is 7.07. The molecule has 1 aromatic heterocycles. The molecule has 228 valence electrons. The van der Waals surface area contributed by atoms with Crippen LogP contribution in [-0.4, -0.2) is 83.1 Å². The fourth-order valence-corrected chi connectivity index (χ4v) is 4.92. The van der Waals surface area contributed by atoms with E-state index in [1.807, 2.05) is 13.8 Å². The van der Waals surface area contributed by atoms with Crippen LogP contribution in [0, 0.1) is 11.7 Å². The smallest absolute Gasteiger partial charge is 0.255 e. The first-order valence-electron chi connectivity index (χ1n) is 14.4. The van der Waals surface area contributed by atoms with Crippen LogP contribution in [0.2, 0.25) is 0 Å². The first kappa shape index (κ1) is 29.8. The van der Waals surface area contributed by atoms with Gasteiger partial charge in [0.25, 0.3) is 11.8 Å². The number of amides is 3. The molecule has 12 nitrogen and oxygen atoms in total. The molecule has 13 heteroatoms. The Morgan fingerprint density at radius 1 is 1.00 bits per heavy atom. The number of nitrogens with zero attached hydrogens (tertiary/aromatic N) is 4. The topological polar surface area (TPSA) is 137 Å². The first-order valence-corrected chi connectivity index (χ1v) is 14.4. The number of rotatable bonds is 3. The maximum Gasteiger partial charge on any atom is 0.255 e. The van der Waals surface area contributed by atoms with E-state index in [1.54, 1.807) is 34.0 Å². The van der Waals surface area contributed by atoms with Crippen molar-refractivity contribution in [1.29, 1.82) is 0 Å². The number of hydrogen-bond donors (Lipinski definition) is 2. The van der Waals surface area contributed by atoms with Gasteiger partial charge in [0.2, 0.25) is 5.91 Å². The molecule has 2 N–H and O–H groups in total. The maximum absolute atomic E-state index is 14.1. The Hall–Kier alpha value is -4.68. The summed E-state index contributed by atoms with van der Waals surface area (Å²) in [7, 11) is 0. The fraction of sp³-hybridized carbons (Fsp3) is 0.433. The summed E-state index contributed by atoms with van der Waals surface area (Å²) in [5, 5.41) is 14.0. The number of halogens is 1. The molecule has 43 heavy (non-hydrogen) atoms. The monoisotopic (exact) mass is 594 g/mol. The van der Waals surface area contributed by atoms with Crippen LogP contribution in [0.25, 0.3) is 0 Å². The van der Waals surface area contributed by atoms with E-state index >= 15 is 0 Å². The van der Waals surface area contributed by atoms with Crippen molar-refractivity contribution in [2.75, 3.05) is 39.5 Å². The number of carbonyl (C=O) groups is 3. The van der Waals surface area contributed by atoms with Gasteiger partial charge in [-0.15, -0.1) is 5.10 Å². The predicted molar refractivity (Wildman–Crippen MR) is 153 cm³/mol. The van der Waals surface area contributed by atoms with E-state index < -0.39 is 23.7 Å². The largest absolute Gasteiger partial charge is 0.491 e. The summed E-state index contributed by atoms with van der Waals surface area (Å²) < 4.78 is 32.8. The normalized spacial score (nSPS) is 18.0. The van der Waals surface area contributed by atoms with E-state index in [4.69, 9.17) is 14.2 Å². The Balaban J connectivity index is 1.38. The third kappa shape index (κ3) is 7.59. The van der Waals surface area contributed by atoms with Gasteiger partial charge in [0.1, 0.15) is 37.4 Å². The second-order valence-electron chi connectivity index (χ2n) is 10.8. The van der Waals surface area contributed by atoms with Crippen LogP contribution in [0.3, 0.4) is 0 Å². The number of hydrogen-bond acceptors (Lipinski definition) is 8. The molecule has 0 aliphatic carbocycles. The Labute approximate surface area is 248 Å². The molecule has 2 bridgehead atoms. The lowest BCUT2D eigenvalue weighted by atomic mass is 10.0. The highest BCUT2D eigenvalue weighted by Gasteiger charge is 2.26. The van der Waals surface area contributed by atoms with Crippen molar-refractivity contribution >= 4 is 17.7 Å². The predicted octanol–water partition coefficient (Wildman–Crippen LogP) is 2.23. The Morgan fingerprint density at radius 3 is 2.58 bits per heavy atom. The number of nitrogens with one attached hydrogen (secondary N) is 2. The second-order valence-corrected chi connectivity index (χ2v) is 10.8. The van der Waals surface area contributed by atoms with Gasteiger partial charge in [-0.3, -0.25) is 14.4 Å². The molecule has 0 unspecified atom stereocenters. The van der Waals surface area contributed by atoms with Gasteiger partial charge in [0.05, 0.1) is 17.8 Å². The number of aromatic nitrogens is 3. The maximum atomic E-state index is 14.1. The van der Waals surface area contributed by atoms with Gasteiger partial charge in [-0.1, -0.05) is 19.1 Å². The minimum Gasteiger partial charge on any atom is -0.491 e. The first-order chi connectivity index (χ1) is 20.8. The van der Waals surface area contributed by atoms with Crippen LogP contribution in [0.15, 0.2) is 42.6 Å². The van der Waals surface area contributed by atoms with E-state index in [9.17, 15) is 18.8 Å². The summed E-state index contributed by atoms with van der Waals surface area (Å²) in [4.78, 5) is 41.8. The second kappa shape index (κ2) is 13.5. The quantitative estimate of drug-likeness (QED) is 0.471. The zero-order chi connectivity index (χ0) is 30.3. The molecule has 0 spiro atoms. The molecule has 0 radical (unpaired) electrons. The Bertz CT molecular complexity index is 1480. The molecule has 3 amide bonds. The fourth-order valence-electron chi connectivity index (χ4n) is 4.92. The van der Waals surface area contributed by atoms with Crippen molar-refractivity contribution in [2.45, 2.75) is 39.3 Å². The molecular formula is C30H35FN6O6. The number of fused-ring (bicyclic) bond motifs is 4. The van der Waals surface area contributed by atoms with Gasteiger partial charge in [-0.2, -0.15) is 0 Å². The molecular weight excluding hydrogens is 559 g/mol. The van der Waals surface area contributed by atoms with Crippen LogP contribution in [0.1, 0.15) is 46.7 Å². The molecule has 0 saturated carbocycles. The molecule has 2 aliphatic heterocycles. The van der Waals surface area contributed by atoms with Crippen LogP contribution in [0.4, 0.5) is 4.39 Å². The molecule has 2 aliphatic rings. The molecule has 3 heterocycles. The van der Waals surface area contributed by atoms with Crippen molar-refractivity contribution in [1.82, 2.24) is 30.5 Å². The number of carbonyl (C=O) groups excluding carboxylic acids is 3. The minimum atomic E-state index is -0.880. The highest BCUT2D eigenvalue weighted by atomic mass is 19.1. The van der Waals surface area contributed by atoms with Crippen molar-refractivity contribution < 1.29 is 33.0 Å². The van der Waals surface area contributed by atoms with E-state index in [-0.39, 0.29) is 42.8 Å². The summed E-state index contributed by atoms with van der Waals surface area (Å²) >= 11 is 0. The molecule has 1 atom stereocenters. The van der Waals surface area contributed by atoms with E-state index in [1.165, 1.54) is 12.1 Å². The summed E-state index contributed by atoms with van der Waals surface area (Å²) in [6, 6.07) is 7.86. The lowest BCUT2D eigenvalue weighted by Gasteiger charge is -2.25.